The predicted octanol–water partition coefficient (Wildman–Crippen LogP) is 3.86. The molecule has 4 heteroatoms. The number of anilines is 1. The van der Waals surface area contributed by atoms with Crippen LogP contribution in [0.5, 0.6) is 0 Å². The largest absolute Gasteiger partial charge is 0.366 e. The lowest BCUT2D eigenvalue weighted by Crippen LogP contribution is -2.53. The Bertz CT molecular complexity index is 720. The van der Waals surface area contributed by atoms with Crippen molar-refractivity contribution in [3.8, 4) is 0 Å². The molecule has 2 saturated carbocycles. The Morgan fingerprint density at radius 1 is 1.20 bits per heavy atom. The first kappa shape index (κ1) is 16.6. The Kier molecular flexibility index (Phi) is 3.71. The summed E-state index contributed by atoms with van der Waals surface area (Å²) in [5, 5.41) is 0. The number of para-hydroxylation sites is 1. The minimum Gasteiger partial charge on any atom is -0.366 e. The van der Waals surface area contributed by atoms with Gasteiger partial charge >= 0.3 is 0 Å². The van der Waals surface area contributed by atoms with Crippen molar-refractivity contribution >= 4 is 11.6 Å². The van der Waals surface area contributed by atoms with Gasteiger partial charge in [0.15, 0.2) is 0 Å². The zero-order chi connectivity index (χ0) is 17.8. The predicted molar refractivity (Wildman–Crippen MR) is 97.9 cm³/mol. The van der Waals surface area contributed by atoms with Crippen molar-refractivity contribution in [2.45, 2.75) is 33.1 Å². The SMILES string of the molecule is C=C1C(C)(C)[C@@H]2CC[C@]1(C(=O)N1CCN(c3ccccc3F)CC1)C2. The maximum absolute atomic E-state index is 14.0. The number of piperazine rings is 1. The maximum Gasteiger partial charge on any atom is 0.233 e. The molecule has 25 heavy (non-hydrogen) atoms. The third kappa shape index (κ3) is 2.33. The normalized spacial score (nSPS) is 30.8. The maximum atomic E-state index is 14.0. The third-order valence-corrected chi connectivity index (χ3v) is 7.06. The van der Waals surface area contributed by atoms with Crippen molar-refractivity contribution in [1.82, 2.24) is 4.90 Å². The minimum absolute atomic E-state index is 0.0723. The van der Waals surface area contributed by atoms with Gasteiger partial charge in [0, 0.05) is 26.2 Å². The topological polar surface area (TPSA) is 23.6 Å². The van der Waals surface area contributed by atoms with E-state index in [1.165, 1.54) is 6.07 Å². The molecule has 2 aliphatic carbocycles. The molecule has 1 heterocycles. The number of nitrogens with zero attached hydrogens (tertiary/aromatic N) is 2. The first-order valence-electron chi connectivity index (χ1n) is 9.35. The Balaban J connectivity index is 1.48. The molecule has 1 amide bonds. The first-order valence-corrected chi connectivity index (χ1v) is 9.35. The molecule has 4 rings (SSSR count). The number of amides is 1. The number of rotatable bonds is 2. The molecule has 134 valence electrons. The second-order valence-corrected chi connectivity index (χ2v) is 8.45. The van der Waals surface area contributed by atoms with Crippen molar-refractivity contribution in [3.63, 3.8) is 0 Å². The number of halogens is 1. The van der Waals surface area contributed by atoms with Crippen LogP contribution in [0.3, 0.4) is 0 Å². The Hall–Kier alpha value is -1.84. The van der Waals surface area contributed by atoms with Crippen LogP contribution in [-0.2, 0) is 4.79 Å². The van der Waals surface area contributed by atoms with Gasteiger partial charge in [-0.15, -0.1) is 0 Å². The summed E-state index contributed by atoms with van der Waals surface area (Å²) in [5.74, 6) is 0.660. The van der Waals surface area contributed by atoms with Gasteiger partial charge in [0.1, 0.15) is 5.82 Å². The number of hydrogen-bond acceptors (Lipinski definition) is 2. The molecule has 0 N–H and O–H groups in total. The fourth-order valence-electron chi connectivity index (χ4n) is 5.28. The molecule has 0 spiro atoms. The van der Waals surface area contributed by atoms with Gasteiger partial charge in [-0.25, -0.2) is 4.39 Å². The Morgan fingerprint density at radius 3 is 2.48 bits per heavy atom. The van der Waals surface area contributed by atoms with Crippen molar-refractivity contribution in [2.24, 2.45) is 16.7 Å². The van der Waals surface area contributed by atoms with Crippen LogP contribution >= 0.6 is 0 Å². The van der Waals surface area contributed by atoms with E-state index in [0.29, 0.717) is 37.8 Å². The summed E-state index contributed by atoms with van der Waals surface area (Å²) >= 11 is 0. The number of carbonyl (C=O) groups excluding carboxylic acids is 1. The first-order chi connectivity index (χ1) is 11.9. The van der Waals surface area contributed by atoms with Crippen molar-refractivity contribution in [1.29, 1.82) is 0 Å². The van der Waals surface area contributed by atoms with Crippen LogP contribution in [0.1, 0.15) is 33.1 Å². The van der Waals surface area contributed by atoms with E-state index in [4.69, 9.17) is 0 Å². The van der Waals surface area contributed by atoms with Gasteiger partial charge < -0.3 is 9.80 Å². The molecule has 1 aromatic carbocycles. The van der Waals surface area contributed by atoms with Crippen LogP contribution in [0.25, 0.3) is 0 Å². The highest BCUT2D eigenvalue weighted by atomic mass is 19.1. The quantitative estimate of drug-likeness (QED) is 0.762. The van der Waals surface area contributed by atoms with E-state index in [9.17, 15) is 9.18 Å². The molecule has 1 aliphatic heterocycles. The zero-order valence-electron chi connectivity index (χ0n) is 15.2. The minimum atomic E-state index is -0.339. The Labute approximate surface area is 149 Å². The highest BCUT2D eigenvalue weighted by Crippen LogP contribution is 2.65. The second-order valence-electron chi connectivity index (χ2n) is 8.45. The monoisotopic (exact) mass is 342 g/mol. The van der Waals surface area contributed by atoms with Crippen LogP contribution < -0.4 is 4.90 Å². The van der Waals surface area contributed by atoms with E-state index < -0.39 is 0 Å². The van der Waals surface area contributed by atoms with Crippen molar-refractivity contribution in [3.05, 3.63) is 42.2 Å². The molecule has 2 bridgehead atoms. The van der Waals surface area contributed by atoms with Crippen LogP contribution in [0, 0.1) is 22.6 Å². The lowest BCUT2D eigenvalue weighted by Gasteiger charge is -2.42. The fraction of sp³-hybridized carbons (Fsp3) is 0.571. The van der Waals surface area contributed by atoms with Gasteiger partial charge in [-0.1, -0.05) is 38.1 Å². The molecule has 3 fully saturated rings. The van der Waals surface area contributed by atoms with E-state index >= 15 is 0 Å². The second kappa shape index (κ2) is 5.58. The van der Waals surface area contributed by atoms with Crippen LogP contribution in [0.15, 0.2) is 36.4 Å². The number of carbonyl (C=O) groups is 1. The summed E-state index contributed by atoms with van der Waals surface area (Å²) in [6, 6.07) is 6.88. The van der Waals surface area contributed by atoms with Gasteiger partial charge in [0.2, 0.25) is 5.91 Å². The molecular weight excluding hydrogens is 315 g/mol. The molecule has 3 nitrogen and oxygen atoms in total. The third-order valence-electron chi connectivity index (χ3n) is 7.06. The standard InChI is InChI=1S/C21H27FN2O/c1-15-20(2,3)16-8-9-21(15,14-16)19(25)24-12-10-23(11-13-24)18-7-5-4-6-17(18)22/h4-7,16H,1,8-14H2,2-3H3/t16-,21+/m1/s1. The lowest BCUT2D eigenvalue weighted by atomic mass is 9.68. The smallest absolute Gasteiger partial charge is 0.233 e. The van der Waals surface area contributed by atoms with E-state index in [-0.39, 0.29) is 22.6 Å². The summed E-state index contributed by atoms with van der Waals surface area (Å²) in [6.45, 7) is 11.5. The van der Waals surface area contributed by atoms with E-state index in [2.05, 4.69) is 20.4 Å². The summed E-state index contributed by atoms with van der Waals surface area (Å²) in [5.41, 5.74) is 1.51. The Morgan fingerprint density at radius 2 is 1.88 bits per heavy atom. The van der Waals surface area contributed by atoms with E-state index in [0.717, 1.165) is 24.8 Å². The summed E-state index contributed by atoms with van der Waals surface area (Å²) in [6.07, 6.45) is 3.05. The molecule has 0 unspecified atom stereocenters. The number of benzene rings is 1. The van der Waals surface area contributed by atoms with Crippen molar-refractivity contribution < 1.29 is 9.18 Å². The highest BCUT2D eigenvalue weighted by Gasteiger charge is 2.61. The van der Waals surface area contributed by atoms with Gasteiger partial charge in [-0.2, -0.15) is 0 Å². The van der Waals surface area contributed by atoms with Gasteiger partial charge in [0.25, 0.3) is 0 Å². The molecule has 0 radical (unpaired) electrons. The molecule has 2 atom stereocenters. The van der Waals surface area contributed by atoms with Crippen LogP contribution in [0.4, 0.5) is 10.1 Å². The summed E-state index contributed by atoms with van der Waals surface area (Å²) in [7, 11) is 0. The highest BCUT2D eigenvalue weighted by molar-refractivity contribution is 5.88. The summed E-state index contributed by atoms with van der Waals surface area (Å²) in [4.78, 5) is 17.4. The molecule has 3 aliphatic rings. The van der Waals surface area contributed by atoms with Gasteiger partial charge in [-0.3, -0.25) is 4.79 Å². The molecular formula is C21H27FN2O. The molecule has 0 aromatic heterocycles. The average molecular weight is 342 g/mol. The number of hydrogen-bond donors (Lipinski definition) is 0. The van der Waals surface area contributed by atoms with E-state index in [1.807, 2.05) is 21.9 Å². The van der Waals surface area contributed by atoms with Crippen LogP contribution in [0.2, 0.25) is 0 Å². The lowest BCUT2D eigenvalue weighted by molar-refractivity contribution is -0.140. The van der Waals surface area contributed by atoms with E-state index in [1.54, 1.807) is 6.07 Å². The van der Waals surface area contributed by atoms with Gasteiger partial charge in [-0.05, 0) is 42.7 Å². The fourth-order valence-corrected chi connectivity index (χ4v) is 5.28. The van der Waals surface area contributed by atoms with Crippen LogP contribution in [-0.4, -0.2) is 37.0 Å². The summed E-state index contributed by atoms with van der Waals surface area (Å²) < 4.78 is 14.0. The average Bonchev–Trinajstić information content (AvgIpc) is 3.14. The van der Waals surface area contributed by atoms with Crippen molar-refractivity contribution in [2.75, 3.05) is 31.1 Å². The number of fused-ring (bicyclic) bond motifs is 2. The zero-order valence-corrected chi connectivity index (χ0v) is 15.2. The van der Waals surface area contributed by atoms with Gasteiger partial charge in [0.05, 0.1) is 11.1 Å². The molecule has 1 aromatic rings. The molecule has 1 saturated heterocycles.